The zero-order chi connectivity index (χ0) is 13.7. The summed E-state index contributed by atoms with van der Waals surface area (Å²) in [5, 5.41) is 7.98. The predicted molar refractivity (Wildman–Crippen MR) is 76.9 cm³/mol. The van der Waals surface area contributed by atoms with Crippen molar-refractivity contribution in [3.05, 3.63) is 47.5 Å². The number of hydrogen-bond donors (Lipinski definition) is 1. The molecule has 0 atom stereocenters. The summed E-state index contributed by atoms with van der Waals surface area (Å²) in [4.78, 5) is 4.32. The minimum absolute atomic E-state index is 0.466. The Kier molecular flexibility index (Phi) is 4.68. The van der Waals surface area contributed by atoms with Crippen LogP contribution < -0.4 is 5.32 Å². The maximum absolute atomic E-state index is 4.51. The Labute approximate surface area is 114 Å². The zero-order valence-corrected chi connectivity index (χ0v) is 11.9. The van der Waals surface area contributed by atoms with Crippen LogP contribution in [-0.2, 0) is 20.0 Å². The lowest BCUT2D eigenvalue weighted by Crippen LogP contribution is -2.17. The number of nitrogens with one attached hydrogen (secondary N) is 1. The van der Waals surface area contributed by atoms with E-state index in [0.29, 0.717) is 5.92 Å². The van der Waals surface area contributed by atoms with E-state index in [4.69, 9.17) is 0 Å². The van der Waals surface area contributed by atoms with Crippen molar-refractivity contribution in [2.75, 3.05) is 6.54 Å². The lowest BCUT2D eigenvalue weighted by Gasteiger charge is -2.06. The van der Waals surface area contributed by atoms with Gasteiger partial charge in [0.1, 0.15) is 0 Å². The Hall–Kier alpha value is -1.68. The standard InChI is InChI=1S/C15H22N4/c1-12(2)15-13(11-19(3)18-15)10-16-9-7-14-6-4-5-8-17-14/h4-6,8,11-12,16H,7,9-10H2,1-3H3. The molecule has 0 aliphatic rings. The molecule has 0 saturated heterocycles. The Morgan fingerprint density at radius 1 is 1.32 bits per heavy atom. The summed E-state index contributed by atoms with van der Waals surface area (Å²) in [6.45, 7) is 6.16. The van der Waals surface area contributed by atoms with Gasteiger partial charge in [-0.15, -0.1) is 0 Å². The molecular weight excluding hydrogens is 236 g/mol. The van der Waals surface area contributed by atoms with Gasteiger partial charge in [0.25, 0.3) is 0 Å². The summed E-state index contributed by atoms with van der Waals surface area (Å²) in [6, 6.07) is 6.03. The Morgan fingerprint density at radius 3 is 2.84 bits per heavy atom. The molecular formula is C15H22N4. The number of pyridine rings is 1. The molecule has 0 amide bonds. The van der Waals surface area contributed by atoms with Gasteiger partial charge in [0.05, 0.1) is 5.69 Å². The van der Waals surface area contributed by atoms with Crippen molar-refractivity contribution in [2.45, 2.75) is 32.7 Å². The minimum atomic E-state index is 0.466. The van der Waals surface area contributed by atoms with Crippen molar-refractivity contribution in [3.8, 4) is 0 Å². The summed E-state index contributed by atoms with van der Waals surface area (Å²) >= 11 is 0. The molecule has 0 unspecified atom stereocenters. The first-order valence-electron chi connectivity index (χ1n) is 6.80. The summed E-state index contributed by atoms with van der Waals surface area (Å²) in [5.74, 6) is 0.466. The van der Waals surface area contributed by atoms with Crippen LogP contribution in [0.1, 0.15) is 36.7 Å². The van der Waals surface area contributed by atoms with E-state index >= 15 is 0 Å². The molecule has 0 aliphatic heterocycles. The van der Waals surface area contributed by atoms with E-state index in [0.717, 1.165) is 25.2 Å². The SMILES string of the molecule is CC(C)c1nn(C)cc1CNCCc1ccccn1. The fraction of sp³-hybridized carbons (Fsp3) is 0.467. The molecule has 2 rings (SSSR count). The van der Waals surface area contributed by atoms with E-state index in [9.17, 15) is 0 Å². The Morgan fingerprint density at radius 2 is 2.16 bits per heavy atom. The van der Waals surface area contributed by atoms with Crippen molar-refractivity contribution in [1.82, 2.24) is 20.1 Å². The van der Waals surface area contributed by atoms with Crippen LogP contribution in [0.3, 0.4) is 0 Å². The molecule has 4 nitrogen and oxygen atoms in total. The highest BCUT2D eigenvalue weighted by Crippen LogP contribution is 2.16. The van der Waals surface area contributed by atoms with E-state index in [1.807, 2.05) is 30.1 Å². The maximum Gasteiger partial charge on any atom is 0.0694 e. The molecule has 1 N–H and O–H groups in total. The van der Waals surface area contributed by atoms with Crippen LogP contribution in [0.4, 0.5) is 0 Å². The van der Waals surface area contributed by atoms with Crippen LogP contribution in [0.25, 0.3) is 0 Å². The third-order valence-corrected chi connectivity index (χ3v) is 3.08. The molecule has 0 aromatic carbocycles. The minimum Gasteiger partial charge on any atom is -0.312 e. The number of aromatic nitrogens is 3. The lowest BCUT2D eigenvalue weighted by atomic mass is 10.1. The van der Waals surface area contributed by atoms with Crippen LogP contribution in [-0.4, -0.2) is 21.3 Å². The van der Waals surface area contributed by atoms with Gasteiger partial charge in [0.15, 0.2) is 0 Å². The molecule has 2 aromatic rings. The monoisotopic (exact) mass is 258 g/mol. The van der Waals surface area contributed by atoms with E-state index in [2.05, 4.69) is 41.5 Å². The fourth-order valence-electron chi connectivity index (χ4n) is 2.16. The van der Waals surface area contributed by atoms with Crippen molar-refractivity contribution in [2.24, 2.45) is 7.05 Å². The fourth-order valence-corrected chi connectivity index (χ4v) is 2.16. The first-order chi connectivity index (χ1) is 9.16. The van der Waals surface area contributed by atoms with Crippen molar-refractivity contribution in [3.63, 3.8) is 0 Å². The lowest BCUT2D eigenvalue weighted by molar-refractivity contribution is 0.668. The molecule has 102 valence electrons. The molecule has 4 heteroatoms. The van der Waals surface area contributed by atoms with Crippen LogP contribution in [0.2, 0.25) is 0 Å². The molecule has 0 spiro atoms. The smallest absolute Gasteiger partial charge is 0.0694 e. The third-order valence-electron chi connectivity index (χ3n) is 3.08. The average Bonchev–Trinajstić information content (AvgIpc) is 2.77. The van der Waals surface area contributed by atoms with Gasteiger partial charge in [-0.25, -0.2) is 0 Å². The van der Waals surface area contributed by atoms with Crippen LogP contribution in [0.15, 0.2) is 30.6 Å². The van der Waals surface area contributed by atoms with Crippen molar-refractivity contribution in [1.29, 1.82) is 0 Å². The summed E-state index contributed by atoms with van der Waals surface area (Å²) in [7, 11) is 1.98. The molecule has 19 heavy (non-hydrogen) atoms. The maximum atomic E-state index is 4.51. The van der Waals surface area contributed by atoms with Crippen molar-refractivity contribution < 1.29 is 0 Å². The van der Waals surface area contributed by atoms with Gasteiger partial charge in [-0.05, 0) is 18.1 Å². The highest BCUT2D eigenvalue weighted by atomic mass is 15.3. The van der Waals surface area contributed by atoms with E-state index < -0.39 is 0 Å². The predicted octanol–water partition coefficient (Wildman–Crippen LogP) is 2.27. The molecule has 0 fully saturated rings. The Balaban J connectivity index is 1.83. The van der Waals surface area contributed by atoms with Gasteiger partial charge >= 0.3 is 0 Å². The molecule has 0 aliphatic carbocycles. The van der Waals surface area contributed by atoms with Crippen LogP contribution in [0.5, 0.6) is 0 Å². The van der Waals surface area contributed by atoms with Gasteiger partial charge in [-0.3, -0.25) is 9.67 Å². The topological polar surface area (TPSA) is 42.7 Å². The summed E-state index contributed by atoms with van der Waals surface area (Å²) in [5.41, 5.74) is 3.61. The number of rotatable bonds is 6. The normalized spacial score (nSPS) is 11.2. The molecule has 2 aromatic heterocycles. The number of aryl methyl sites for hydroxylation is 1. The second kappa shape index (κ2) is 6.48. The van der Waals surface area contributed by atoms with Crippen LogP contribution >= 0.6 is 0 Å². The summed E-state index contributed by atoms with van der Waals surface area (Å²) < 4.78 is 1.89. The number of hydrogen-bond acceptors (Lipinski definition) is 3. The molecule has 0 saturated carbocycles. The highest BCUT2D eigenvalue weighted by Gasteiger charge is 2.10. The molecule has 0 radical (unpaired) electrons. The second-order valence-corrected chi connectivity index (χ2v) is 5.12. The molecule has 0 bridgehead atoms. The third kappa shape index (κ3) is 3.89. The summed E-state index contributed by atoms with van der Waals surface area (Å²) in [6.07, 6.45) is 4.90. The first kappa shape index (κ1) is 13.7. The average molecular weight is 258 g/mol. The number of nitrogens with zero attached hydrogens (tertiary/aromatic N) is 3. The quantitative estimate of drug-likeness (QED) is 0.808. The second-order valence-electron chi connectivity index (χ2n) is 5.12. The van der Waals surface area contributed by atoms with Crippen LogP contribution in [0, 0.1) is 0 Å². The zero-order valence-electron chi connectivity index (χ0n) is 11.9. The van der Waals surface area contributed by atoms with Gasteiger partial charge in [-0.1, -0.05) is 19.9 Å². The van der Waals surface area contributed by atoms with E-state index in [1.54, 1.807) is 0 Å². The first-order valence-corrected chi connectivity index (χ1v) is 6.80. The van der Waals surface area contributed by atoms with Crippen molar-refractivity contribution >= 4 is 0 Å². The largest absolute Gasteiger partial charge is 0.312 e. The van der Waals surface area contributed by atoms with Gasteiger partial charge in [0.2, 0.25) is 0 Å². The Bertz CT molecular complexity index is 502. The highest BCUT2D eigenvalue weighted by molar-refractivity contribution is 5.20. The van der Waals surface area contributed by atoms with Gasteiger partial charge < -0.3 is 5.32 Å². The van der Waals surface area contributed by atoms with E-state index in [-0.39, 0.29) is 0 Å². The molecule has 2 heterocycles. The van der Waals surface area contributed by atoms with Gasteiger partial charge in [-0.2, -0.15) is 5.10 Å². The van der Waals surface area contributed by atoms with E-state index in [1.165, 1.54) is 11.3 Å². The van der Waals surface area contributed by atoms with Gasteiger partial charge in [0, 0.05) is 50.2 Å².